The molecule has 150 valence electrons. The summed E-state index contributed by atoms with van der Waals surface area (Å²) < 4.78 is 5.69. The van der Waals surface area contributed by atoms with E-state index in [-0.39, 0.29) is 11.7 Å². The van der Waals surface area contributed by atoms with Gasteiger partial charge in [-0.15, -0.1) is 0 Å². The monoisotopic (exact) mass is 383 g/mol. The molecule has 28 heavy (non-hydrogen) atoms. The standard InChI is InChI=1S/C23H30N2O3/c1-7-28-21-9-8-19(18(5)26)12-20(21)13-25(6)14-22(27)24-23-16(3)10-15(2)11-17(23)4/h8-12H,7,13-14H2,1-6H3,(H,24,27)/p+1. The van der Waals surface area contributed by atoms with E-state index >= 15 is 0 Å². The molecule has 0 heterocycles. The second-order valence-electron chi connectivity index (χ2n) is 7.44. The van der Waals surface area contributed by atoms with Crippen LogP contribution >= 0.6 is 0 Å². The van der Waals surface area contributed by atoms with E-state index in [2.05, 4.69) is 24.4 Å². The normalized spacial score (nSPS) is 11.8. The molecule has 5 nitrogen and oxygen atoms in total. The first-order valence-electron chi connectivity index (χ1n) is 9.67. The fourth-order valence-electron chi connectivity index (χ4n) is 3.46. The minimum atomic E-state index is -0.0340. The number of carbonyl (C=O) groups excluding carboxylic acids is 2. The number of likely N-dealkylation sites (N-methyl/N-ethyl adjacent to an activating group) is 1. The van der Waals surface area contributed by atoms with Crippen molar-refractivity contribution in [2.45, 2.75) is 41.2 Å². The zero-order valence-corrected chi connectivity index (χ0v) is 17.7. The Bertz CT molecular complexity index is 851. The molecular formula is C23H31N2O3+. The van der Waals surface area contributed by atoms with Gasteiger partial charge in [-0.05, 0) is 63.9 Å². The summed E-state index contributed by atoms with van der Waals surface area (Å²) in [4.78, 5) is 25.3. The predicted octanol–water partition coefficient (Wildman–Crippen LogP) is 2.87. The number of hydrogen-bond donors (Lipinski definition) is 2. The molecule has 0 saturated carbocycles. The van der Waals surface area contributed by atoms with E-state index in [1.54, 1.807) is 13.0 Å². The molecule has 1 amide bonds. The summed E-state index contributed by atoms with van der Waals surface area (Å²) >= 11 is 0. The number of Topliss-reactive ketones (excluding diaryl/α,β-unsaturated/α-hetero) is 1. The van der Waals surface area contributed by atoms with Crippen molar-refractivity contribution in [1.29, 1.82) is 0 Å². The van der Waals surface area contributed by atoms with Gasteiger partial charge in [0.05, 0.1) is 13.7 Å². The Balaban J connectivity index is 2.09. The molecule has 0 aliphatic carbocycles. The summed E-state index contributed by atoms with van der Waals surface area (Å²) in [5.74, 6) is 0.746. The van der Waals surface area contributed by atoms with E-state index in [0.29, 0.717) is 25.3 Å². The largest absolute Gasteiger partial charge is 0.493 e. The highest BCUT2D eigenvalue weighted by molar-refractivity contribution is 5.94. The molecule has 0 radical (unpaired) electrons. The van der Waals surface area contributed by atoms with Gasteiger partial charge in [0, 0.05) is 16.8 Å². The van der Waals surface area contributed by atoms with E-state index < -0.39 is 0 Å². The predicted molar refractivity (Wildman–Crippen MR) is 112 cm³/mol. The van der Waals surface area contributed by atoms with Gasteiger partial charge in [0.25, 0.3) is 5.91 Å². The molecular weight excluding hydrogens is 352 g/mol. The molecule has 2 rings (SSSR count). The number of hydrogen-bond acceptors (Lipinski definition) is 3. The van der Waals surface area contributed by atoms with E-state index in [1.165, 1.54) is 5.56 Å². The highest BCUT2D eigenvalue weighted by Crippen LogP contribution is 2.22. The van der Waals surface area contributed by atoms with Crippen molar-refractivity contribution < 1.29 is 19.2 Å². The Labute approximate surface area is 167 Å². The minimum Gasteiger partial charge on any atom is -0.493 e. The number of amides is 1. The molecule has 0 aliphatic heterocycles. The molecule has 2 aromatic carbocycles. The molecule has 0 spiro atoms. The molecule has 2 N–H and O–H groups in total. The van der Waals surface area contributed by atoms with Gasteiger partial charge in [0.15, 0.2) is 12.3 Å². The molecule has 0 saturated heterocycles. The van der Waals surface area contributed by atoms with Crippen molar-refractivity contribution in [3.8, 4) is 5.75 Å². The first-order valence-corrected chi connectivity index (χ1v) is 9.67. The van der Waals surface area contributed by atoms with Crippen molar-refractivity contribution in [1.82, 2.24) is 0 Å². The van der Waals surface area contributed by atoms with Crippen molar-refractivity contribution in [2.75, 3.05) is 25.5 Å². The maximum Gasteiger partial charge on any atom is 0.279 e. The molecule has 0 fully saturated rings. The number of ketones is 1. The number of carbonyl (C=O) groups is 2. The zero-order valence-electron chi connectivity index (χ0n) is 17.7. The Morgan fingerprint density at radius 1 is 1.07 bits per heavy atom. The lowest BCUT2D eigenvalue weighted by Crippen LogP contribution is -3.08. The van der Waals surface area contributed by atoms with Crippen molar-refractivity contribution in [3.05, 3.63) is 58.1 Å². The van der Waals surface area contributed by atoms with Crippen LogP contribution in [0.2, 0.25) is 0 Å². The second kappa shape index (κ2) is 9.51. The number of aryl methyl sites for hydroxylation is 3. The van der Waals surface area contributed by atoms with Gasteiger partial charge >= 0.3 is 0 Å². The second-order valence-corrected chi connectivity index (χ2v) is 7.44. The molecule has 0 aliphatic rings. The average molecular weight is 384 g/mol. The summed E-state index contributed by atoms with van der Waals surface area (Å²) in [7, 11) is 1.96. The zero-order chi connectivity index (χ0) is 20.8. The Morgan fingerprint density at radius 2 is 1.71 bits per heavy atom. The van der Waals surface area contributed by atoms with Gasteiger partial charge in [-0.3, -0.25) is 9.59 Å². The molecule has 5 heteroatoms. The van der Waals surface area contributed by atoms with E-state index in [1.807, 2.05) is 40.0 Å². The lowest BCUT2D eigenvalue weighted by Gasteiger charge is -2.18. The van der Waals surface area contributed by atoms with Crippen molar-refractivity contribution in [2.24, 2.45) is 0 Å². The third kappa shape index (κ3) is 5.67. The van der Waals surface area contributed by atoms with Crippen LogP contribution in [0.15, 0.2) is 30.3 Å². The summed E-state index contributed by atoms with van der Waals surface area (Å²) in [6.45, 7) is 11.0. The third-order valence-corrected chi connectivity index (χ3v) is 4.66. The van der Waals surface area contributed by atoms with Gasteiger partial charge in [-0.25, -0.2) is 0 Å². The maximum atomic E-state index is 12.6. The summed E-state index contributed by atoms with van der Waals surface area (Å²) in [6.07, 6.45) is 0. The SMILES string of the molecule is CCOc1ccc(C(C)=O)cc1C[NH+](C)CC(=O)Nc1c(C)cc(C)cc1C. The Kier molecular flexibility index (Phi) is 7.35. The summed E-state index contributed by atoms with van der Waals surface area (Å²) in [6, 6.07) is 9.62. The average Bonchev–Trinajstić information content (AvgIpc) is 2.59. The van der Waals surface area contributed by atoms with Crippen LogP contribution in [0.4, 0.5) is 5.69 Å². The van der Waals surface area contributed by atoms with Crippen LogP contribution in [-0.4, -0.2) is 31.9 Å². The maximum absolute atomic E-state index is 12.6. The van der Waals surface area contributed by atoms with Crippen LogP contribution in [0.3, 0.4) is 0 Å². The number of anilines is 1. The van der Waals surface area contributed by atoms with Crippen molar-refractivity contribution >= 4 is 17.4 Å². The molecule has 1 unspecified atom stereocenters. The topological polar surface area (TPSA) is 59.8 Å². The highest BCUT2D eigenvalue weighted by Gasteiger charge is 2.16. The number of ether oxygens (including phenoxy) is 1. The van der Waals surface area contributed by atoms with Gasteiger partial charge in [0.1, 0.15) is 12.3 Å². The molecule has 1 atom stereocenters. The minimum absolute atomic E-state index is 0.0185. The van der Waals surface area contributed by atoms with Crippen LogP contribution in [0.25, 0.3) is 0 Å². The number of benzene rings is 2. The van der Waals surface area contributed by atoms with Crippen molar-refractivity contribution in [3.63, 3.8) is 0 Å². The first-order chi connectivity index (χ1) is 13.2. The van der Waals surface area contributed by atoms with Crippen LogP contribution in [0.5, 0.6) is 5.75 Å². The number of rotatable bonds is 8. The first kappa shape index (κ1) is 21.6. The van der Waals surface area contributed by atoms with Gasteiger partial charge in [0.2, 0.25) is 0 Å². The fourth-order valence-corrected chi connectivity index (χ4v) is 3.46. The fraction of sp³-hybridized carbons (Fsp3) is 0.391. The number of nitrogens with one attached hydrogen (secondary N) is 2. The lowest BCUT2D eigenvalue weighted by atomic mass is 10.1. The van der Waals surface area contributed by atoms with Gasteiger partial charge in [-0.1, -0.05) is 17.7 Å². The van der Waals surface area contributed by atoms with E-state index in [9.17, 15) is 9.59 Å². The third-order valence-electron chi connectivity index (χ3n) is 4.66. The van der Waals surface area contributed by atoms with Crippen LogP contribution in [-0.2, 0) is 11.3 Å². The Hall–Kier alpha value is -2.66. The molecule has 2 aromatic rings. The van der Waals surface area contributed by atoms with Gasteiger partial charge < -0.3 is 15.0 Å². The quantitative estimate of drug-likeness (QED) is 0.689. The van der Waals surface area contributed by atoms with Crippen LogP contribution in [0, 0.1) is 20.8 Å². The summed E-state index contributed by atoms with van der Waals surface area (Å²) in [5.41, 5.74) is 5.79. The van der Waals surface area contributed by atoms with E-state index in [4.69, 9.17) is 4.74 Å². The molecule has 0 aromatic heterocycles. The van der Waals surface area contributed by atoms with Crippen LogP contribution in [0.1, 0.15) is 46.5 Å². The van der Waals surface area contributed by atoms with Crippen LogP contribution < -0.4 is 15.0 Å². The van der Waals surface area contributed by atoms with Gasteiger partial charge in [-0.2, -0.15) is 0 Å². The smallest absolute Gasteiger partial charge is 0.279 e. The Morgan fingerprint density at radius 3 is 2.29 bits per heavy atom. The molecule has 0 bridgehead atoms. The number of quaternary nitrogens is 1. The summed E-state index contributed by atoms with van der Waals surface area (Å²) in [5, 5.41) is 3.05. The lowest BCUT2D eigenvalue weighted by molar-refractivity contribution is -0.885. The highest BCUT2D eigenvalue weighted by atomic mass is 16.5. The van der Waals surface area contributed by atoms with E-state index in [0.717, 1.165) is 33.0 Å².